The summed E-state index contributed by atoms with van der Waals surface area (Å²) in [4.78, 5) is 24.9. The van der Waals surface area contributed by atoms with E-state index < -0.39 is 29.4 Å². The summed E-state index contributed by atoms with van der Waals surface area (Å²) < 4.78 is 69.5. The van der Waals surface area contributed by atoms with Gasteiger partial charge in [-0.3, -0.25) is 4.90 Å². The van der Waals surface area contributed by atoms with Crippen molar-refractivity contribution in [3.8, 4) is 34.0 Å². The number of primary amides is 1. The highest BCUT2D eigenvalue weighted by atomic mass is 32.1. The largest absolute Gasteiger partial charge is 0.490 e. The van der Waals surface area contributed by atoms with Crippen molar-refractivity contribution < 1.29 is 36.9 Å². The lowest BCUT2D eigenvalue weighted by Gasteiger charge is -2.35. The second kappa shape index (κ2) is 10.9. The molecule has 1 amide bonds. The number of nitrogens with two attached hydrogens (primary N) is 1. The van der Waals surface area contributed by atoms with E-state index in [0.29, 0.717) is 49.7 Å². The topological polar surface area (TPSA) is 136 Å². The molecular formula is C31H27F3N6O5S. The summed E-state index contributed by atoms with van der Waals surface area (Å²) in [5, 5.41) is 10.2. The zero-order chi connectivity index (χ0) is 31.7. The Labute approximate surface area is 264 Å². The second-order valence-corrected chi connectivity index (χ2v) is 13.0. The van der Waals surface area contributed by atoms with Gasteiger partial charge in [0, 0.05) is 30.5 Å². The van der Waals surface area contributed by atoms with Crippen LogP contribution in [0.2, 0.25) is 0 Å². The van der Waals surface area contributed by atoms with Gasteiger partial charge in [0.05, 0.1) is 34.9 Å². The van der Waals surface area contributed by atoms with Crippen LogP contribution in [0.3, 0.4) is 0 Å². The van der Waals surface area contributed by atoms with Crippen LogP contribution in [0.1, 0.15) is 24.8 Å². The molecule has 3 atom stereocenters. The first-order valence-corrected chi connectivity index (χ1v) is 15.7. The number of carbonyl (C=O) groups is 1. The van der Waals surface area contributed by atoms with Gasteiger partial charge in [0.2, 0.25) is 5.06 Å². The molecule has 2 N–H and O–H groups in total. The fraction of sp³-hybridized carbons (Fsp3) is 0.419. The lowest BCUT2D eigenvalue weighted by atomic mass is 9.95. The van der Waals surface area contributed by atoms with Crippen LogP contribution in [0.15, 0.2) is 18.2 Å². The van der Waals surface area contributed by atoms with E-state index in [0.717, 1.165) is 36.8 Å². The van der Waals surface area contributed by atoms with Crippen molar-refractivity contribution in [2.24, 2.45) is 5.73 Å². The Morgan fingerprint density at radius 3 is 2.91 bits per heavy atom. The van der Waals surface area contributed by atoms with Crippen molar-refractivity contribution in [3.63, 3.8) is 0 Å². The van der Waals surface area contributed by atoms with Gasteiger partial charge in [0.1, 0.15) is 53.9 Å². The van der Waals surface area contributed by atoms with E-state index >= 15 is 8.78 Å². The number of hydrogen-bond acceptors (Lipinski definition) is 11. The summed E-state index contributed by atoms with van der Waals surface area (Å²) in [6, 6.07) is 5.65. The van der Waals surface area contributed by atoms with Gasteiger partial charge >= 0.3 is 12.1 Å². The average Bonchev–Trinajstić information content (AvgIpc) is 3.66. The number of halogens is 3. The number of fused-ring (bicyclic) bond motifs is 4. The highest BCUT2D eigenvalue weighted by Crippen LogP contribution is 2.48. The van der Waals surface area contributed by atoms with E-state index in [9.17, 15) is 14.4 Å². The molecule has 4 aromatic rings. The fourth-order valence-electron chi connectivity index (χ4n) is 7.34. The Morgan fingerprint density at radius 1 is 1.22 bits per heavy atom. The van der Waals surface area contributed by atoms with Gasteiger partial charge in [-0.15, -0.1) is 0 Å². The molecule has 238 valence electrons. The van der Waals surface area contributed by atoms with Crippen molar-refractivity contribution in [2.45, 2.75) is 37.0 Å². The van der Waals surface area contributed by atoms with E-state index in [1.807, 2.05) is 11.0 Å². The van der Waals surface area contributed by atoms with E-state index in [4.69, 9.17) is 29.7 Å². The molecule has 0 spiro atoms. The van der Waals surface area contributed by atoms with E-state index in [-0.39, 0.29) is 62.6 Å². The normalized spacial score (nSPS) is 23.9. The molecule has 11 nitrogen and oxygen atoms in total. The smallest absolute Gasteiger partial charge is 0.410 e. The van der Waals surface area contributed by atoms with Gasteiger partial charge in [-0.05, 0) is 37.1 Å². The molecule has 15 heteroatoms. The van der Waals surface area contributed by atoms with Crippen LogP contribution in [0.4, 0.5) is 23.8 Å². The van der Waals surface area contributed by atoms with E-state index in [1.54, 1.807) is 0 Å². The maximum absolute atomic E-state index is 16.9. The number of anilines is 1. The molecule has 46 heavy (non-hydrogen) atoms. The summed E-state index contributed by atoms with van der Waals surface area (Å²) in [6.07, 6.45) is -0.0662. The highest BCUT2D eigenvalue weighted by Gasteiger charge is 2.49. The molecule has 3 fully saturated rings. The molecule has 2 aromatic carbocycles. The number of benzene rings is 2. The lowest BCUT2D eigenvalue weighted by Crippen LogP contribution is -2.48. The van der Waals surface area contributed by atoms with E-state index in [1.165, 1.54) is 12.1 Å². The number of thiophene rings is 1. The second-order valence-electron chi connectivity index (χ2n) is 12.0. The molecule has 3 saturated heterocycles. The summed E-state index contributed by atoms with van der Waals surface area (Å²) in [5.74, 6) is -0.737. The quantitative estimate of drug-likeness (QED) is 0.324. The molecule has 8 rings (SSSR count). The predicted molar refractivity (Wildman–Crippen MR) is 161 cm³/mol. The minimum Gasteiger partial charge on any atom is -0.490 e. The molecule has 2 aromatic heterocycles. The van der Waals surface area contributed by atoms with Crippen LogP contribution < -0.4 is 24.8 Å². The van der Waals surface area contributed by atoms with Crippen LogP contribution >= 0.6 is 11.3 Å². The van der Waals surface area contributed by atoms with Gasteiger partial charge in [0.25, 0.3) is 0 Å². The molecule has 4 aliphatic rings. The molecule has 0 unspecified atom stereocenters. The standard InChI is InChI=1S/C31H27F3N6O5S/c32-15-9-31(4-1-5-39(31)11-15)14-44-30-37-25-23-21(43-13-16-12-42-7-6-40(16)27(23)38-30)8-18(24(25)34)17-2-3-20(33)26-22(17)19(10-35)28(46-26)45-29(36)41/h2-3,8,15-16H,1,4-7,9,11-14H2,(H2,36,41)/t15-,16+,31+/m1/s1. The number of amides is 1. The third-order valence-electron chi connectivity index (χ3n) is 9.35. The minimum absolute atomic E-state index is 0.0126. The van der Waals surface area contributed by atoms with Gasteiger partial charge in [0.15, 0.2) is 5.82 Å². The number of nitriles is 1. The van der Waals surface area contributed by atoms with Gasteiger partial charge in [-0.1, -0.05) is 17.4 Å². The Bertz CT molecular complexity index is 1970. The van der Waals surface area contributed by atoms with Crippen LogP contribution in [0.5, 0.6) is 16.8 Å². The summed E-state index contributed by atoms with van der Waals surface area (Å²) in [5.41, 5.74) is 4.61. The van der Waals surface area contributed by atoms with Crippen LogP contribution in [0.25, 0.3) is 32.1 Å². The molecule has 6 heterocycles. The van der Waals surface area contributed by atoms with Crippen LogP contribution in [0, 0.1) is 23.0 Å². The van der Waals surface area contributed by atoms with Gasteiger partial charge in [-0.2, -0.15) is 15.2 Å². The van der Waals surface area contributed by atoms with Crippen molar-refractivity contribution >= 4 is 44.2 Å². The molecule has 4 aliphatic heterocycles. The molecule has 0 bridgehead atoms. The summed E-state index contributed by atoms with van der Waals surface area (Å²) in [6.45, 7) is 2.77. The Morgan fingerprint density at radius 2 is 2.09 bits per heavy atom. The number of hydrogen-bond donors (Lipinski definition) is 1. The first kappa shape index (κ1) is 29.0. The SMILES string of the molecule is N#Cc1c(OC(N)=O)sc2c(F)ccc(-c3cc4c5c(nc(OC[C@@]67CCCN6C[C@H](F)C7)nc5c3F)N3CCOC[C@H]3CO4)c12. The Hall–Kier alpha value is -4.39. The van der Waals surface area contributed by atoms with Crippen molar-refractivity contribution in [1.82, 2.24) is 14.9 Å². The number of aromatic nitrogens is 2. The molecule has 0 radical (unpaired) electrons. The van der Waals surface area contributed by atoms with Gasteiger partial charge in [-0.25, -0.2) is 18.0 Å². The number of rotatable bonds is 5. The third kappa shape index (κ3) is 4.50. The zero-order valence-corrected chi connectivity index (χ0v) is 25.2. The van der Waals surface area contributed by atoms with Crippen molar-refractivity contribution in [1.29, 1.82) is 5.26 Å². The molecule has 0 saturated carbocycles. The molecular weight excluding hydrogens is 625 g/mol. The maximum atomic E-state index is 16.9. The average molecular weight is 653 g/mol. The Kier molecular flexibility index (Phi) is 6.85. The highest BCUT2D eigenvalue weighted by molar-refractivity contribution is 7.21. The number of carbonyl (C=O) groups excluding carboxylic acids is 1. The monoisotopic (exact) mass is 652 g/mol. The van der Waals surface area contributed by atoms with Gasteiger partial charge < -0.3 is 29.6 Å². The fourth-order valence-corrected chi connectivity index (χ4v) is 8.38. The number of alkyl halides is 1. The first-order valence-electron chi connectivity index (χ1n) is 14.9. The van der Waals surface area contributed by atoms with Crippen molar-refractivity contribution in [3.05, 3.63) is 35.4 Å². The van der Waals surface area contributed by atoms with Crippen LogP contribution in [-0.2, 0) is 4.74 Å². The number of nitrogens with zero attached hydrogens (tertiary/aromatic N) is 5. The van der Waals surface area contributed by atoms with E-state index in [2.05, 4.69) is 9.88 Å². The third-order valence-corrected chi connectivity index (χ3v) is 10.4. The first-order chi connectivity index (χ1) is 22.3. The zero-order valence-electron chi connectivity index (χ0n) is 24.4. The summed E-state index contributed by atoms with van der Waals surface area (Å²) >= 11 is 0.719. The number of morpholine rings is 1. The lowest BCUT2D eigenvalue weighted by molar-refractivity contribution is 0.0780. The maximum Gasteiger partial charge on any atom is 0.410 e. The predicted octanol–water partition coefficient (Wildman–Crippen LogP) is 4.67. The van der Waals surface area contributed by atoms with Crippen LogP contribution in [-0.4, -0.2) is 84.8 Å². The summed E-state index contributed by atoms with van der Waals surface area (Å²) in [7, 11) is 0. The minimum atomic E-state index is -1.17. The van der Waals surface area contributed by atoms with Crippen molar-refractivity contribution in [2.75, 3.05) is 51.0 Å². The Balaban J connectivity index is 1.31. The number of ether oxygens (including phenoxy) is 4. The molecule has 0 aliphatic carbocycles.